The van der Waals surface area contributed by atoms with Crippen LogP contribution in [0.15, 0.2) is 0 Å². The van der Waals surface area contributed by atoms with Gasteiger partial charge in [-0.1, -0.05) is 13.3 Å². The van der Waals surface area contributed by atoms with E-state index in [0.29, 0.717) is 12.8 Å². The number of unbranched alkanes of at least 4 members (excludes halogenated alkanes) is 1. The summed E-state index contributed by atoms with van der Waals surface area (Å²) in [6.45, 7) is 1.79. The van der Waals surface area contributed by atoms with Crippen LogP contribution in [0, 0.1) is 0 Å². The molecule has 74 valence electrons. The Kier molecular flexibility index (Phi) is 4.62. The Morgan fingerprint density at radius 2 is 1.75 bits per heavy atom. The zero-order valence-electron chi connectivity index (χ0n) is 6.58. The lowest BCUT2D eigenvalue weighted by molar-refractivity contribution is 0.263. The molecule has 0 amide bonds. The molecule has 0 heterocycles. The van der Waals surface area contributed by atoms with Crippen molar-refractivity contribution in [2.45, 2.75) is 19.8 Å². The third kappa shape index (κ3) is 6.98. The summed E-state index contributed by atoms with van der Waals surface area (Å²) in [5, 5.41) is 0. The molecule has 0 saturated carbocycles. The molecule has 6 nitrogen and oxygen atoms in total. The predicted molar refractivity (Wildman–Crippen MR) is 42.7 cm³/mol. The normalized spacial score (nSPS) is 17.3. The molecule has 0 aromatic heterocycles. The smallest absolute Gasteiger partial charge is 0.324 e. The van der Waals surface area contributed by atoms with Gasteiger partial charge >= 0.3 is 15.4 Å². The summed E-state index contributed by atoms with van der Waals surface area (Å²) in [7, 11) is -8.93. The van der Waals surface area contributed by atoms with E-state index >= 15 is 0 Å². The first kappa shape index (κ1) is 12.3. The number of rotatable bonds is 5. The van der Waals surface area contributed by atoms with Crippen molar-refractivity contribution in [1.29, 1.82) is 0 Å². The molecule has 0 aliphatic rings. The maximum atomic E-state index is 10.8. The Hall–Kier alpha value is 0.300. The molecule has 0 rings (SSSR count). The Bertz CT molecular complexity index is 220. The van der Waals surface area contributed by atoms with Crippen LogP contribution < -0.4 is 0 Å². The molecule has 0 radical (unpaired) electrons. The minimum absolute atomic E-state index is 0.228. The molecule has 1 atom stereocenters. The van der Waals surface area contributed by atoms with Gasteiger partial charge in [0.1, 0.15) is 0 Å². The van der Waals surface area contributed by atoms with Crippen molar-refractivity contribution in [2.24, 2.45) is 0 Å². The maximum Gasteiger partial charge on any atom is 0.476 e. The van der Waals surface area contributed by atoms with E-state index in [0.717, 1.165) is 0 Å². The number of hydrogen-bond acceptors (Lipinski definition) is 3. The SMILES string of the molecule is CCCCP(=O)(O)OP(=O)(O)O. The van der Waals surface area contributed by atoms with Gasteiger partial charge in [0.25, 0.3) is 0 Å². The standard InChI is InChI=1S/C4H12O6P2/c1-2-3-4-11(5,6)10-12(7,8)9/h2-4H2,1H3,(H,5,6)(H2,7,8,9). The van der Waals surface area contributed by atoms with Crippen molar-refractivity contribution in [3.05, 3.63) is 0 Å². The fraction of sp³-hybridized carbons (Fsp3) is 1.00. The van der Waals surface area contributed by atoms with Gasteiger partial charge < -0.3 is 14.7 Å². The Balaban J connectivity index is 4.05. The first-order chi connectivity index (χ1) is 5.27. The molecule has 0 aromatic rings. The fourth-order valence-electron chi connectivity index (χ4n) is 0.565. The second-order valence-electron chi connectivity index (χ2n) is 2.29. The summed E-state index contributed by atoms with van der Waals surface area (Å²) in [4.78, 5) is 25.2. The van der Waals surface area contributed by atoms with Gasteiger partial charge in [-0.15, -0.1) is 0 Å². The molecule has 0 aromatic carbocycles. The second kappa shape index (κ2) is 4.51. The molecule has 1 unspecified atom stereocenters. The van der Waals surface area contributed by atoms with E-state index in [4.69, 9.17) is 14.7 Å². The fourth-order valence-corrected chi connectivity index (χ4v) is 2.94. The first-order valence-corrected chi connectivity index (χ1v) is 6.65. The molecule has 0 aliphatic carbocycles. The zero-order valence-corrected chi connectivity index (χ0v) is 8.37. The minimum Gasteiger partial charge on any atom is -0.324 e. The lowest BCUT2D eigenvalue weighted by Gasteiger charge is -2.11. The van der Waals surface area contributed by atoms with Crippen molar-refractivity contribution in [3.8, 4) is 0 Å². The molecule has 0 fully saturated rings. The van der Waals surface area contributed by atoms with Crippen molar-refractivity contribution >= 4 is 15.4 Å². The number of phosphoric acid groups is 1. The predicted octanol–water partition coefficient (Wildman–Crippen LogP) is 1.08. The largest absolute Gasteiger partial charge is 0.476 e. The molecule has 12 heavy (non-hydrogen) atoms. The molecule has 0 spiro atoms. The highest BCUT2D eigenvalue weighted by molar-refractivity contribution is 7.63. The van der Waals surface area contributed by atoms with Gasteiger partial charge in [-0.25, -0.2) is 8.88 Å². The third-order valence-electron chi connectivity index (χ3n) is 1.03. The second-order valence-corrected chi connectivity index (χ2v) is 5.64. The van der Waals surface area contributed by atoms with Gasteiger partial charge in [0.2, 0.25) is 0 Å². The third-order valence-corrected chi connectivity index (χ3v) is 3.78. The van der Waals surface area contributed by atoms with Crippen molar-refractivity contribution in [1.82, 2.24) is 0 Å². The monoisotopic (exact) mass is 218 g/mol. The number of hydrogen-bond donors (Lipinski definition) is 3. The van der Waals surface area contributed by atoms with E-state index in [-0.39, 0.29) is 6.16 Å². The molecule has 3 N–H and O–H groups in total. The highest BCUT2D eigenvalue weighted by atomic mass is 31.3. The van der Waals surface area contributed by atoms with Gasteiger partial charge in [0.15, 0.2) is 0 Å². The molecule has 0 saturated heterocycles. The quantitative estimate of drug-likeness (QED) is 0.596. The summed E-state index contributed by atoms with van der Waals surface area (Å²) in [6.07, 6.45) is 0.831. The Labute approximate surface area is 70.3 Å². The van der Waals surface area contributed by atoms with Crippen LogP contribution in [0.2, 0.25) is 0 Å². The van der Waals surface area contributed by atoms with Crippen LogP contribution in [0.1, 0.15) is 19.8 Å². The van der Waals surface area contributed by atoms with Crippen LogP contribution in [0.25, 0.3) is 0 Å². The molecular weight excluding hydrogens is 206 g/mol. The highest BCUT2D eigenvalue weighted by Crippen LogP contribution is 2.57. The van der Waals surface area contributed by atoms with Crippen LogP contribution in [0.4, 0.5) is 0 Å². The van der Waals surface area contributed by atoms with Crippen molar-refractivity contribution in [2.75, 3.05) is 6.16 Å². The van der Waals surface area contributed by atoms with E-state index < -0.39 is 15.4 Å². The first-order valence-electron chi connectivity index (χ1n) is 3.35. The van der Waals surface area contributed by atoms with Gasteiger partial charge in [-0.3, -0.25) is 4.57 Å². The van der Waals surface area contributed by atoms with E-state index in [2.05, 4.69) is 4.31 Å². The van der Waals surface area contributed by atoms with Crippen LogP contribution >= 0.6 is 15.4 Å². The van der Waals surface area contributed by atoms with E-state index in [1.54, 1.807) is 6.92 Å². The van der Waals surface area contributed by atoms with Gasteiger partial charge in [-0.05, 0) is 6.42 Å². The van der Waals surface area contributed by atoms with E-state index in [9.17, 15) is 9.13 Å². The Morgan fingerprint density at radius 3 is 2.08 bits per heavy atom. The van der Waals surface area contributed by atoms with Crippen molar-refractivity contribution < 1.29 is 28.1 Å². The summed E-state index contributed by atoms with van der Waals surface area (Å²) < 4.78 is 24.7. The molecule has 0 aliphatic heterocycles. The van der Waals surface area contributed by atoms with Crippen LogP contribution in [0.5, 0.6) is 0 Å². The minimum atomic E-state index is -4.84. The van der Waals surface area contributed by atoms with Crippen LogP contribution in [-0.4, -0.2) is 20.8 Å². The van der Waals surface area contributed by atoms with Gasteiger partial charge in [0, 0.05) is 0 Å². The lowest BCUT2D eigenvalue weighted by Crippen LogP contribution is -1.92. The topological polar surface area (TPSA) is 104 Å². The summed E-state index contributed by atoms with van der Waals surface area (Å²) in [6, 6.07) is 0. The average Bonchev–Trinajstić information content (AvgIpc) is 1.78. The van der Waals surface area contributed by atoms with E-state index in [1.165, 1.54) is 0 Å². The van der Waals surface area contributed by atoms with Gasteiger partial charge in [0.05, 0.1) is 6.16 Å². The van der Waals surface area contributed by atoms with Crippen molar-refractivity contribution in [3.63, 3.8) is 0 Å². The van der Waals surface area contributed by atoms with Crippen LogP contribution in [-0.2, 0) is 13.4 Å². The summed E-state index contributed by atoms with van der Waals surface area (Å²) in [5.74, 6) is 0. The lowest BCUT2D eigenvalue weighted by atomic mass is 10.4. The Morgan fingerprint density at radius 1 is 1.25 bits per heavy atom. The average molecular weight is 218 g/mol. The highest BCUT2D eigenvalue weighted by Gasteiger charge is 2.29. The summed E-state index contributed by atoms with van der Waals surface area (Å²) >= 11 is 0. The molecule has 0 bridgehead atoms. The molecule has 8 heteroatoms. The molecular formula is C4H12O6P2. The van der Waals surface area contributed by atoms with Gasteiger partial charge in [-0.2, -0.15) is 0 Å². The summed E-state index contributed by atoms with van der Waals surface area (Å²) in [5.41, 5.74) is 0. The van der Waals surface area contributed by atoms with Crippen LogP contribution in [0.3, 0.4) is 0 Å². The zero-order chi connectivity index (χ0) is 9.83. The maximum absolute atomic E-state index is 10.8. The van der Waals surface area contributed by atoms with E-state index in [1.807, 2.05) is 0 Å².